The number of aryl methyl sites for hydroxylation is 1. The van der Waals surface area contributed by atoms with E-state index in [1.54, 1.807) is 0 Å². The first-order valence-corrected chi connectivity index (χ1v) is 2.56. The number of aromatic nitrogens is 3. The fourth-order valence-electron chi connectivity index (χ4n) is 0.490. The summed E-state index contributed by atoms with van der Waals surface area (Å²) in [6, 6.07) is 0. The van der Waals surface area contributed by atoms with Crippen LogP contribution in [0.5, 0.6) is 0 Å². The first-order chi connectivity index (χ1) is 4.63. The third kappa shape index (κ3) is 0.790. The molecular weight excluding hydrogens is 136 g/mol. The van der Waals surface area contributed by atoms with Gasteiger partial charge in [0.2, 0.25) is 0 Å². The SMILES string of the molecule is Cc1n[nH]c(=O)c(=O)n1N. The Labute approximate surface area is 55.3 Å². The molecule has 10 heavy (non-hydrogen) atoms. The van der Waals surface area contributed by atoms with Crippen molar-refractivity contribution in [3.05, 3.63) is 26.5 Å². The molecule has 0 unspecified atom stereocenters. The fraction of sp³-hybridized carbons (Fsp3) is 0.250. The van der Waals surface area contributed by atoms with Crippen molar-refractivity contribution < 1.29 is 0 Å². The second kappa shape index (κ2) is 1.98. The summed E-state index contributed by atoms with van der Waals surface area (Å²) in [6.07, 6.45) is 0. The molecule has 1 heterocycles. The van der Waals surface area contributed by atoms with Gasteiger partial charge in [-0.25, -0.2) is 9.77 Å². The Balaban J connectivity index is 3.66. The van der Waals surface area contributed by atoms with Crippen molar-refractivity contribution in [1.82, 2.24) is 14.9 Å². The Morgan fingerprint density at radius 1 is 1.60 bits per heavy atom. The normalized spacial score (nSPS) is 9.70. The third-order valence-electron chi connectivity index (χ3n) is 1.08. The van der Waals surface area contributed by atoms with Crippen LogP contribution in [-0.2, 0) is 0 Å². The van der Waals surface area contributed by atoms with Gasteiger partial charge in [-0.15, -0.1) is 0 Å². The molecule has 1 rings (SSSR count). The van der Waals surface area contributed by atoms with Crippen LogP contribution < -0.4 is 17.0 Å². The summed E-state index contributed by atoms with van der Waals surface area (Å²) in [4.78, 5) is 21.1. The lowest BCUT2D eigenvalue weighted by molar-refractivity contribution is 0.746. The highest BCUT2D eigenvalue weighted by atomic mass is 16.2. The maximum absolute atomic E-state index is 10.6. The van der Waals surface area contributed by atoms with Crippen molar-refractivity contribution in [2.24, 2.45) is 0 Å². The molecule has 0 atom stereocenters. The van der Waals surface area contributed by atoms with E-state index >= 15 is 0 Å². The fourth-order valence-corrected chi connectivity index (χ4v) is 0.490. The summed E-state index contributed by atoms with van der Waals surface area (Å²) in [6.45, 7) is 1.51. The highest BCUT2D eigenvalue weighted by Crippen LogP contribution is 1.71. The summed E-state index contributed by atoms with van der Waals surface area (Å²) in [5.41, 5.74) is -1.61. The van der Waals surface area contributed by atoms with Gasteiger partial charge in [-0.1, -0.05) is 0 Å². The van der Waals surface area contributed by atoms with E-state index in [-0.39, 0.29) is 5.82 Å². The molecule has 54 valence electrons. The molecule has 0 amide bonds. The molecule has 0 fully saturated rings. The maximum Gasteiger partial charge on any atom is 0.337 e. The van der Waals surface area contributed by atoms with Crippen LogP contribution in [0.3, 0.4) is 0 Å². The molecule has 0 saturated heterocycles. The second-order valence-corrected chi connectivity index (χ2v) is 1.78. The molecule has 6 nitrogen and oxygen atoms in total. The molecule has 0 aliphatic heterocycles. The van der Waals surface area contributed by atoms with Crippen molar-refractivity contribution >= 4 is 0 Å². The molecule has 6 heteroatoms. The highest BCUT2D eigenvalue weighted by molar-refractivity contribution is 4.83. The quantitative estimate of drug-likeness (QED) is 0.322. The Hall–Kier alpha value is -1.59. The second-order valence-electron chi connectivity index (χ2n) is 1.78. The number of hydrogen-bond acceptors (Lipinski definition) is 4. The van der Waals surface area contributed by atoms with Gasteiger partial charge in [0.15, 0.2) is 0 Å². The molecule has 0 radical (unpaired) electrons. The summed E-state index contributed by atoms with van der Waals surface area (Å²) >= 11 is 0. The zero-order chi connectivity index (χ0) is 7.72. The minimum Gasteiger partial charge on any atom is -0.335 e. The standard InChI is InChI=1S/C4H6N4O2/c1-2-6-7-3(9)4(10)8(2)5/h5H2,1H3,(H,7,9). The lowest BCUT2D eigenvalue weighted by atomic mass is 10.7. The first-order valence-electron chi connectivity index (χ1n) is 2.56. The van der Waals surface area contributed by atoms with Crippen molar-refractivity contribution in [3.8, 4) is 0 Å². The number of rotatable bonds is 0. The van der Waals surface area contributed by atoms with Crippen LogP contribution in [0.4, 0.5) is 0 Å². The summed E-state index contributed by atoms with van der Waals surface area (Å²) in [7, 11) is 0. The Morgan fingerprint density at radius 2 is 2.20 bits per heavy atom. The zero-order valence-electron chi connectivity index (χ0n) is 5.29. The summed E-state index contributed by atoms with van der Waals surface area (Å²) in [5.74, 6) is 5.37. The highest BCUT2D eigenvalue weighted by Gasteiger charge is 1.98. The smallest absolute Gasteiger partial charge is 0.335 e. The monoisotopic (exact) mass is 142 g/mol. The van der Waals surface area contributed by atoms with Crippen LogP contribution in [0.1, 0.15) is 5.82 Å². The molecule has 0 aliphatic carbocycles. The molecule has 3 N–H and O–H groups in total. The molecule has 0 aromatic carbocycles. The van der Waals surface area contributed by atoms with E-state index in [4.69, 9.17) is 5.84 Å². The number of aromatic amines is 1. The van der Waals surface area contributed by atoms with Gasteiger partial charge in [-0.3, -0.25) is 9.59 Å². The van der Waals surface area contributed by atoms with Crippen molar-refractivity contribution in [2.45, 2.75) is 6.92 Å². The number of nitrogens with one attached hydrogen (secondary N) is 1. The van der Waals surface area contributed by atoms with Gasteiger partial charge in [0.05, 0.1) is 0 Å². The lowest BCUT2D eigenvalue weighted by Gasteiger charge is -1.96. The van der Waals surface area contributed by atoms with E-state index in [1.807, 2.05) is 5.10 Å². The van der Waals surface area contributed by atoms with Crippen LogP contribution in [0.2, 0.25) is 0 Å². The molecule has 0 saturated carbocycles. The molecule has 0 bridgehead atoms. The van der Waals surface area contributed by atoms with E-state index in [0.29, 0.717) is 4.68 Å². The van der Waals surface area contributed by atoms with Crippen LogP contribution in [0.25, 0.3) is 0 Å². The van der Waals surface area contributed by atoms with Crippen molar-refractivity contribution in [1.29, 1.82) is 0 Å². The molecule has 1 aromatic rings. The topological polar surface area (TPSA) is 93.8 Å². The summed E-state index contributed by atoms with van der Waals surface area (Å²) in [5, 5.41) is 5.43. The number of nitrogen functional groups attached to an aromatic ring is 1. The van der Waals surface area contributed by atoms with Gasteiger partial charge < -0.3 is 5.84 Å². The molecular formula is C4H6N4O2. The minimum atomic E-state index is -0.812. The van der Waals surface area contributed by atoms with Gasteiger partial charge in [0.25, 0.3) is 0 Å². The van der Waals surface area contributed by atoms with Gasteiger partial charge in [0, 0.05) is 0 Å². The predicted octanol–water partition coefficient (Wildman–Crippen LogP) is -2.05. The largest absolute Gasteiger partial charge is 0.337 e. The number of nitrogens with zero attached hydrogens (tertiary/aromatic N) is 2. The van der Waals surface area contributed by atoms with E-state index < -0.39 is 11.1 Å². The summed E-state index contributed by atoms with van der Waals surface area (Å²) < 4.78 is 0.693. The lowest BCUT2D eigenvalue weighted by Crippen LogP contribution is -2.42. The van der Waals surface area contributed by atoms with E-state index in [1.165, 1.54) is 6.92 Å². The minimum absolute atomic E-state index is 0.268. The maximum atomic E-state index is 10.6. The Kier molecular flexibility index (Phi) is 1.29. The Bertz CT molecular complexity index is 349. The molecule has 0 spiro atoms. The van der Waals surface area contributed by atoms with Crippen LogP contribution in [-0.4, -0.2) is 14.9 Å². The van der Waals surface area contributed by atoms with Gasteiger partial charge in [0.1, 0.15) is 5.82 Å². The predicted molar refractivity (Wildman–Crippen MR) is 34.0 cm³/mol. The van der Waals surface area contributed by atoms with E-state index in [9.17, 15) is 9.59 Å². The van der Waals surface area contributed by atoms with Gasteiger partial charge in [-0.05, 0) is 6.92 Å². The molecule has 1 aromatic heterocycles. The number of nitrogens with two attached hydrogens (primary N) is 1. The number of H-pyrrole nitrogens is 1. The zero-order valence-corrected chi connectivity index (χ0v) is 5.29. The van der Waals surface area contributed by atoms with E-state index in [0.717, 1.165) is 0 Å². The van der Waals surface area contributed by atoms with Crippen LogP contribution in [0, 0.1) is 6.92 Å². The van der Waals surface area contributed by atoms with E-state index in [2.05, 4.69) is 5.10 Å². The average molecular weight is 142 g/mol. The first kappa shape index (κ1) is 6.53. The average Bonchev–Trinajstić information content (AvgIpc) is 1.93. The van der Waals surface area contributed by atoms with Crippen molar-refractivity contribution in [3.63, 3.8) is 0 Å². The van der Waals surface area contributed by atoms with Crippen LogP contribution in [0.15, 0.2) is 9.59 Å². The van der Waals surface area contributed by atoms with Gasteiger partial charge in [-0.2, -0.15) is 5.10 Å². The Morgan fingerprint density at radius 3 is 2.70 bits per heavy atom. The van der Waals surface area contributed by atoms with Crippen molar-refractivity contribution in [2.75, 3.05) is 5.84 Å². The molecule has 0 aliphatic rings. The third-order valence-corrected chi connectivity index (χ3v) is 1.08. The van der Waals surface area contributed by atoms with Gasteiger partial charge >= 0.3 is 11.1 Å². The van der Waals surface area contributed by atoms with Crippen LogP contribution >= 0.6 is 0 Å². The number of hydrogen-bond donors (Lipinski definition) is 2.